The van der Waals surface area contributed by atoms with E-state index in [9.17, 15) is 9.59 Å². The van der Waals surface area contributed by atoms with Crippen LogP contribution in [0.15, 0.2) is 25.3 Å². The van der Waals surface area contributed by atoms with Crippen molar-refractivity contribution in [1.29, 1.82) is 0 Å². The third-order valence-electron chi connectivity index (χ3n) is 3.93. The van der Waals surface area contributed by atoms with Crippen LogP contribution in [0.3, 0.4) is 0 Å². The molecule has 1 fully saturated rings. The molecule has 0 bridgehead atoms. The molecule has 0 aromatic rings. The number of ether oxygens (including phenoxy) is 3. The minimum Gasteiger partial charge on any atom is -0.462 e. The number of carbonyl (C=O) groups excluding carboxylic acids is 2. The second-order valence-corrected chi connectivity index (χ2v) is 5.59. The number of hydrogen-bond donors (Lipinski definition) is 0. The monoisotopic (exact) mass is 310 g/mol. The first-order valence-electron chi connectivity index (χ1n) is 7.78. The lowest BCUT2D eigenvalue weighted by Crippen LogP contribution is -2.48. The fourth-order valence-electron chi connectivity index (χ4n) is 2.71. The van der Waals surface area contributed by atoms with Gasteiger partial charge in [0, 0.05) is 18.8 Å². The van der Waals surface area contributed by atoms with Gasteiger partial charge in [0.05, 0.1) is 11.5 Å². The predicted molar refractivity (Wildman–Crippen MR) is 83.2 cm³/mol. The lowest BCUT2D eigenvalue weighted by Gasteiger charge is -2.42. The van der Waals surface area contributed by atoms with E-state index in [1.165, 1.54) is 0 Å². The highest BCUT2D eigenvalue weighted by atomic mass is 16.6. The molecular weight excluding hydrogens is 284 g/mol. The molecule has 1 atom stereocenters. The van der Waals surface area contributed by atoms with E-state index in [0.29, 0.717) is 6.61 Å². The summed E-state index contributed by atoms with van der Waals surface area (Å²) in [5.41, 5.74) is -0.495. The molecular formula is C17H26O5. The van der Waals surface area contributed by atoms with Gasteiger partial charge in [0.1, 0.15) is 13.2 Å². The van der Waals surface area contributed by atoms with Crippen LogP contribution < -0.4 is 0 Å². The largest absolute Gasteiger partial charge is 0.462 e. The van der Waals surface area contributed by atoms with Gasteiger partial charge in [0.15, 0.2) is 0 Å². The first-order chi connectivity index (χ1) is 10.6. The van der Waals surface area contributed by atoms with Gasteiger partial charge in [-0.15, -0.1) is 0 Å². The van der Waals surface area contributed by atoms with Crippen LogP contribution in [0.1, 0.15) is 39.0 Å². The van der Waals surface area contributed by atoms with Crippen molar-refractivity contribution in [3.63, 3.8) is 0 Å². The van der Waals surface area contributed by atoms with E-state index in [-0.39, 0.29) is 19.3 Å². The maximum atomic E-state index is 11.4. The number of carbonyl (C=O) groups is 2. The van der Waals surface area contributed by atoms with E-state index in [4.69, 9.17) is 14.2 Å². The van der Waals surface area contributed by atoms with Crippen molar-refractivity contribution in [2.24, 2.45) is 5.41 Å². The summed E-state index contributed by atoms with van der Waals surface area (Å²) in [6.45, 7) is 9.80. The van der Waals surface area contributed by atoms with Gasteiger partial charge in [0.25, 0.3) is 0 Å². The van der Waals surface area contributed by atoms with E-state index < -0.39 is 17.4 Å². The van der Waals surface area contributed by atoms with E-state index in [2.05, 4.69) is 13.2 Å². The molecule has 5 nitrogen and oxygen atoms in total. The van der Waals surface area contributed by atoms with Gasteiger partial charge in [-0.25, -0.2) is 9.59 Å². The summed E-state index contributed by atoms with van der Waals surface area (Å²) in [6, 6.07) is 0. The lowest BCUT2D eigenvalue weighted by molar-refractivity contribution is -0.164. The van der Waals surface area contributed by atoms with Gasteiger partial charge in [-0.3, -0.25) is 0 Å². The quantitative estimate of drug-likeness (QED) is 0.484. The van der Waals surface area contributed by atoms with E-state index in [1.54, 1.807) is 0 Å². The molecule has 1 aliphatic carbocycles. The Hall–Kier alpha value is -1.62. The highest BCUT2D eigenvalue weighted by molar-refractivity contribution is 5.81. The maximum absolute atomic E-state index is 11.4. The molecule has 0 saturated heterocycles. The molecule has 1 rings (SSSR count). The van der Waals surface area contributed by atoms with Crippen LogP contribution in [-0.4, -0.2) is 37.9 Å². The molecule has 1 unspecified atom stereocenters. The molecule has 0 amide bonds. The summed E-state index contributed by atoms with van der Waals surface area (Å²) in [7, 11) is 0. The molecule has 0 aromatic heterocycles. The molecule has 0 radical (unpaired) electrons. The summed E-state index contributed by atoms with van der Waals surface area (Å²) < 4.78 is 16.5. The zero-order valence-corrected chi connectivity index (χ0v) is 13.3. The van der Waals surface area contributed by atoms with Gasteiger partial charge in [-0.2, -0.15) is 0 Å². The van der Waals surface area contributed by atoms with Crippen molar-refractivity contribution in [3.8, 4) is 0 Å². The molecule has 0 spiro atoms. The van der Waals surface area contributed by atoms with Crippen molar-refractivity contribution in [1.82, 2.24) is 0 Å². The smallest absolute Gasteiger partial charge is 0.330 e. The van der Waals surface area contributed by atoms with Crippen LogP contribution in [-0.2, 0) is 23.8 Å². The highest BCUT2D eigenvalue weighted by Gasteiger charge is 2.44. The van der Waals surface area contributed by atoms with Crippen molar-refractivity contribution in [3.05, 3.63) is 25.3 Å². The average molecular weight is 310 g/mol. The van der Waals surface area contributed by atoms with Gasteiger partial charge >= 0.3 is 11.9 Å². The SMILES string of the molecule is C=CC(=O)OCC1(COC(=O)C=C)CCCCC1OCCC. The Kier molecular flexibility index (Phi) is 7.88. The normalized spacial score (nSPS) is 20.0. The third-order valence-corrected chi connectivity index (χ3v) is 3.93. The van der Waals surface area contributed by atoms with Gasteiger partial charge in [0.2, 0.25) is 0 Å². The maximum Gasteiger partial charge on any atom is 0.330 e. The first-order valence-corrected chi connectivity index (χ1v) is 7.78. The molecule has 22 heavy (non-hydrogen) atoms. The molecule has 1 saturated carbocycles. The Balaban J connectivity index is 2.83. The molecule has 0 N–H and O–H groups in total. The number of rotatable bonds is 9. The zero-order valence-electron chi connectivity index (χ0n) is 13.3. The Bertz CT molecular complexity index is 378. The van der Waals surface area contributed by atoms with E-state index in [0.717, 1.165) is 44.3 Å². The number of esters is 2. The van der Waals surface area contributed by atoms with Crippen molar-refractivity contribution >= 4 is 11.9 Å². The minimum absolute atomic E-state index is 0.0866. The standard InChI is InChI=1S/C17H26O5/c1-4-11-20-14-9-7-8-10-17(14,12-21-15(18)5-2)13-22-16(19)6-3/h5-6,14H,2-4,7-13H2,1H3. The molecule has 0 heterocycles. The Morgan fingerprint density at radius 3 is 2.23 bits per heavy atom. The van der Waals surface area contributed by atoms with E-state index >= 15 is 0 Å². The summed E-state index contributed by atoms with van der Waals surface area (Å²) in [6.07, 6.45) is 6.79. The third kappa shape index (κ3) is 5.30. The van der Waals surface area contributed by atoms with Gasteiger partial charge < -0.3 is 14.2 Å². The summed E-state index contributed by atoms with van der Waals surface area (Å²) in [5, 5.41) is 0. The van der Waals surface area contributed by atoms with Crippen molar-refractivity contribution in [2.45, 2.75) is 45.1 Å². The predicted octanol–water partition coefficient (Wildman–Crippen LogP) is 2.80. The van der Waals surface area contributed by atoms with Crippen LogP contribution in [0.25, 0.3) is 0 Å². The topological polar surface area (TPSA) is 61.8 Å². The van der Waals surface area contributed by atoms with E-state index in [1.807, 2.05) is 6.92 Å². The second kappa shape index (κ2) is 9.41. The molecule has 124 valence electrons. The summed E-state index contributed by atoms with van der Waals surface area (Å²) in [5.74, 6) is -0.955. The fourth-order valence-corrected chi connectivity index (χ4v) is 2.71. The lowest BCUT2D eigenvalue weighted by atomic mass is 9.72. The van der Waals surface area contributed by atoms with Crippen LogP contribution in [0.2, 0.25) is 0 Å². The molecule has 0 aliphatic heterocycles. The fraction of sp³-hybridized carbons (Fsp3) is 0.647. The van der Waals surface area contributed by atoms with Gasteiger partial charge in [-0.05, 0) is 19.3 Å². The first kappa shape index (κ1) is 18.4. The summed E-state index contributed by atoms with van der Waals surface area (Å²) >= 11 is 0. The van der Waals surface area contributed by atoms with Crippen molar-refractivity contribution < 1.29 is 23.8 Å². The highest BCUT2D eigenvalue weighted by Crippen LogP contribution is 2.39. The van der Waals surface area contributed by atoms with Crippen LogP contribution >= 0.6 is 0 Å². The van der Waals surface area contributed by atoms with Crippen LogP contribution in [0.4, 0.5) is 0 Å². The van der Waals surface area contributed by atoms with Crippen LogP contribution in [0, 0.1) is 5.41 Å². The van der Waals surface area contributed by atoms with Gasteiger partial charge in [-0.1, -0.05) is 32.9 Å². The Morgan fingerprint density at radius 2 is 1.73 bits per heavy atom. The zero-order chi connectivity index (χ0) is 16.4. The van der Waals surface area contributed by atoms with Crippen molar-refractivity contribution in [2.75, 3.05) is 19.8 Å². The average Bonchev–Trinajstić information content (AvgIpc) is 2.56. The minimum atomic E-state index is -0.495. The summed E-state index contributed by atoms with van der Waals surface area (Å²) in [4.78, 5) is 22.8. The molecule has 0 aromatic carbocycles. The Labute approximate surface area is 132 Å². The van der Waals surface area contributed by atoms with Crippen LogP contribution in [0.5, 0.6) is 0 Å². The molecule has 1 aliphatic rings. The number of hydrogen-bond acceptors (Lipinski definition) is 5. The molecule has 5 heteroatoms. The Morgan fingerprint density at radius 1 is 1.14 bits per heavy atom. The second-order valence-electron chi connectivity index (χ2n) is 5.59.